The van der Waals surface area contributed by atoms with Gasteiger partial charge in [-0.25, -0.2) is 4.98 Å². The van der Waals surface area contributed by atoms with E-state index in [1.807, 2.05) is 6.20 Å². The Labute approximate surface area is 175 Å². The fraction of sp³-hybridized carbons (Fsp3) is 0.750. The lowest BCUT2D eigenvalue weighted by Crippen LogP contribution is -2.47. The maximum Gasteiger partial charge on any atom is 0.171 e. The van der Waals surface area contributed by atoms with Gasteiger partial charge in [-0.1, -0.05) is 19.8 Å². The molecule has 0 spiro atoms. The number of Topliss-reactive ketones (excluding diaryl/α,β-unsaturated/α-hetero) is 1. The molecule has 0 aromatic carbocycles. The van der Waals surface area contributed by atoms with Crippen LogP contribution in [-0.4, -0.2) is 55.0 Å². The van der Waals surface area contributed by atoms with Gasteiger partial charge in [0.15, 0.2) is 11.6 Å². The summed E-state index contributed by atoms with van der Waals surface area (Å²) < 4.78 is 5.84. The summed E-state index contributed by atoms with van der Waals surface area (Å²) >= 11 is 0. The molecule has 1 aromatic rings. The van der Waals surface area contributed by atoms with Crippen molar-refractivity contribution in [3.8, 4) is 5.75 Å². The summed E-state index contributed by atoms with van der Waals surface area (Å²) in [7, 11) is 0. The van der Waals surface area contributed by atoms with E-state index < -0.39 is 0 Å². The smallest absolute Gasteiger partial charge is 0.171 e. The number of carbonyl (C=O) groups is 1. The van der Waals surface area contributed by atoms with E-state index in [1.165, 1.54) is 44.2 Å². The topological polar surface area (TPSA) is 45.7 Å². The van der Waals surface area contributed by atoms with Crippen molar-refractivity contribution in [2.24, 2.45) is 11.8 Å². The predicted molar refractivity (Wildman–Crippen MR) is 117 cm³/mol. The van der Waals surface area contributed by atoms with E-state index in [4.69, 9.17) is 4.74 Å². The second kappa shape index (κ2) is 9.92. The molecule has 2 fully saturated rings. The van der Waals surface area contributed by atoms with E-state index in [-0.39, 0.29) is 0 Å². The van der Waals surface area contributed by atoms with Gasteiger partial charge in [0.1, 0.15) is 5.78 Å². The molecule has 0 radical (unpaired) electrons. The van der Waals surface area contributed by atoms with Gasteiger partial charge in [-0.2, -0.15) is 0 Å². The van der Waals surface area contributed by atoms with Crippen molar-refractivity contribution in [3.63, 3.8) is 0 Å². The van der Waals surface area contributed by atoms with E-state index in [0.29, 0.717) is 11.7 Å². The summed E-state index contributed by atoms with van der Waals surface area (Å²) in [5, 5.41) is 0. The van der Waals surface area contributed by atoms with Crippen molar-refractivity contribution >= 4 is 11.6 Å². The normalized spacial score (nSPS) is 24.9. The Hall–Kier alpha value is -1.62. The van der Waals surface area contributed by atoms with Crippen LogP contribution < -0.4 is 9.64 Å². The first-order valence-electron chi connectivity index (χ1n) is 11.8. The molecule has 0 amide bonds. The Bertz CT molecular complexity index is 677. The molecule has 5 nitrogen and oxygen atoms in total. The number of piperazine rings is 1. The van der Waals surface area contributed by atoms with Gasteiger partial charge in [-0.05, 0) is 50.1 Å². The minimum absolute atomic E-state index is 0.484. The highest BCUT2D eigenvalue weighted by Gasteiger charge is 2.26. The molecule has 0 bridgehead atoms. The molecule has 3 aliphatic rings. The first-order chi connectivity index (χ1) is 14.2. The number of ketones is 1. The van der Waals surface area contributed by atoms with E-state index in [1.54, 1.807) is 0 Å². The van der Waals surface area contributed by atoms with Crippen molar-refractivity contribution in [1.82, 2.24) is 9.88 Å². The molecular weight excluding hydrogens is 362 g/mol. The van der Waals surface area contributed by atoms with E-state index >= 15 is 0 Å². The zero-order valence-corrected chi connectivity index (χ0v) is 18.1. The van der Waals surface area contributed by atoms with Crippen LogP contribution in [0, 0.1) is 11.8 Å². The van der Waals surface area contributed by atoms with Gasteiger partial charge >= 0.3 is 0 Å². The Morgan fingerprint density at radius 3 is 2.66 bits per heavy atom. The Morgan fingerprint density at radius 2 is 1.90 bits per heavy atom. The third kappa shape index (κ3) is 5.30. The van der Waals surface area contributed by atoms with Crippen LogP contribution >= 0.6 is 0 Å². The molecule has 0 N–H and O–H groups in total. The summed E-state index contributed by atoms with van der Waals surface area (Å²) in [6.07, 6.45) is 12.0. The van der Waals surface area contributed by atoms with Gasteiger partial charge < -0.3 is 9.64 Å². The minimum atomic E-state index is 0.484. The SMILES string of the molecule is CCCC(=O)CC1CCC(CCN2CCN(c3nccc4c3OCC4)CC2)CC1. The maximum absolute atomic E-state index is 11.9. The number of aromatic nitrogens is 1. The fourth-order valence-corrected chi connectivity index (χ4v) is 5.29. The van der Waals surface area contributed by atoms with Crippen molar-refractivity contribution in [1.29, 1.82) is 0 Å². The molecule has 1 aromatic heterocycles. The lowest BCUT2D eigenvalue weighted by atomic mass is 9.78. The van der Waals surface area contributed by atoms with Crippen LogP contribution in [0.4, 0.5) is 5.82 Å². The van der Waals surface area contributed by atoms with Crippen LogP contribution in [0.3, 0.4) is 0 Å². The minimum Gasteiger partial charge on any atom is -0.489 e. The molecule has 0 atom stereocenters. The van der Waals surface area contributed by atoms with Gasteiger partial charge in [-0.3, -0.25) is 9.69 Å². The number of rotatable bonds is 8. The lowest BCUT2D eigenvalue weighted by Gasteiger charge is -2.37. The van der Waals surface area contributed by atoms with Crippen molar-refractivity contribution < 1.29 is 9.53 Å². The number of pyridine rings is 1. The number of hydrogen-bond acceptors (Lipinski definition) is 5. The summed E-state index contributed by atoms with van der Waals surface area (Å²) in [5.41, 5.74) is 1.31. The Kier molecular flexibility index (Phi) is 7.06. The second-order valence-electron chi connectivity index (χ2n) is 9.22. The first-order valence-corrected chi connectivity index (χ1v) is 11.8. The van der Waals surface area contributed by atoms with Gasteiger partial charge in [0.25, 0.3) is 0 Å². The summed E-state index contributed by atoms with van der Waals surface area (Å²) in [6, 6.07) is 2.09. The van der Waals surface area contributed by atoms with Crippen LogP contribution in [0.5, 0.6) is 5.75 Å². The zero-order chi connectivity index (χ0) is 20.1. The number of fused-ring (bicyclic) bond motifs is 1. The third-order valence-electron chi connectivity index (χ3n) is 7.12. The molecule has 3 heterocycles. The molecule has 0 unspecified atom stereocenters. The third-order valence-corrected chi connectivity index (χ3v) is 7.12. The summed E-state index contributed by atoms with van der Waals surface area (Å²) in [6.45, 7) is 8.43. The van der Waals surface area contributed by atoms with Gasteiger partial charge in [0.05, 0.1) is 6.61 Å². The molecule has 1 saturated carbocycles. The van der Waals surface area contributed by atoms with E-state index in [0.717, 1.165) is 76.0 Å². The van der Waals surface area contributed by atoms with Gasteiger partial charge in [0, 0.05) is 57.2 Å². The molecule has 1 saturated heterocycles. The second-order valence-corrected chi connectivity index (χ2v) is 9.22. The van der Waals surface area contributed by atoms with E-state index in [9.17, 15) is 4.79 Å². The van der Waals surface area contributed by atoms with Crippen LogP contribution in [0.15, 0.2) is 12.3 Å². The van der Waals surface area contributed by atoms with Crippen LogP contribution in [-0.2, 0) is 11.2 Å². The van der Waals surface area contributed by atoms with Crippen LogP contribution in [0.2, 0.25) is 0 Å². The first kappa shape index (κ1) is 20.6. The van der Waals surface area contributed by atoms with Gasteiger partial charge in [0.2, 0.25) is 0 Å². The van der Waals surface area contributed by atoms with E-state index in [2.05, 4.69) is 27.8 Å². The number of carbonyl (C=O) groups excluding carboxylic acids is 1. The van der Waals surface area contributed by atoms with Crippen LogP contribution in [0.25, 0.3) is 0 Å². The summed E-state index contributed by atoms with van der Waals surface area (Å²) in [5.74, 6) is 4.08. The highest BCUT2D eigenvalue weighted by atomic mass is 16.5. The summed E-state index contributed by atoms with van der Waals surface area (Å²) in [4.78, 5) is 21.5. The number of hydrogen-bond donors (Lipinski definition) is 0. The highest BCUT2D eigenvalue weighted by Crippen LogP contribution is 2.35. The maximum atomic E-state index is 11.9. The Balaban J connectivity index is 1.16. The molecule has 160 valence electrons. The highest BCUT2D eigenvalue weighted by molar-refractivity contribution is 5.78. The average molecular weight is 400 g/mol. The number of nitrogens with zero attached hydrogens (tertiary/aromatic N) is 3. The quantitative estimate of drug-likeness (QED) is 0.659. The Morgan fingerprint density at radius 1 is 1.14 bits per heavy atom. The molecule has 2 aliphatic heterocycles. The molecular formula is C24H37N3O2. The monoisotopic (exact) mass is 399 g/mol. The molecule has 4 rings (SSSR count). The number of anilines is 1. The zero-order valence-electron chi connectivity index (χ0n) is 18.1. The van der Waals surface area contributed by atoms with Crippen LogP contribution in [0.1, 0.15) is 63.9 Å². The van der Waals surface area contributed by atoms with Crippen molar-refractivity contribution in [2.75, 3.05) is 44.2 Å². The van der Waals surface area contributed by atoms with Crippen molar-refractivity contribution in [2.45, 2.75) is 64.7 Å². The van der Waals surface area contributed by atoms with Gasteiger partial charge in [-0.15, -0.1) is 0 Å². The fourth-order valence-electron chi connectivity index (χ4n) is 5.29. The average Bonchev–Trinajstić information content (AvgIpc) is 3.23. The molecule has 1 aliphatic carbocycles. The molecule has 5 heteroatoms. The largest absolute Gasteiger partial charge is 0.489 e. The lowest BCUT2D eigenvalue weighted by molar-refractivity contribution is -0.120. The molecule has 29 heavy (non-hydrogen) atoms. The standard InChI is InChI=1S/C24H37N3O2/c1-2-3-22(28)18-20-6-4-19(5-7-20)9-12-26-13-15-27(16-14-26)24-23-21(8-11-25-24)10-17-29-23/h8,11,19-20H,2-7,9-10,12-18H2,1H3. The van der Waals surface area contributed by atoms with Crippen molar-refractivity contribution in [3.05, 3.63) is 17.8 Å². The number of ether oxygens (including phenoxy) is 1. The predicted octanol–water partition coefficient (Wildman–Crippen LogP) is 4.09.